The number of halogens is 2. The smallest absolute Gasteiger partial charge is 0.253 e. The molecule has 0 saturated carbocycles. The average molecular weight is 307 g/mol. The molecule has 0 aliphatic heterocycles. The van der Waals surface area contributed by atoms with Crippen molar-refractivity contribution in [1.29, 1.82) is 0 Å². The molecule has 0 saturated heterocycles. The Morgan fingerprint density at radius 1 is 1.62 bits per heavy atom. The van der Waals surface area contributed by atoms with Crippen LogP contribution in [0, 0.1) is 0 Å². The van der Waals surface area contributed by atoms with Crippen LogP contribution in [0.2, 0.25) is 5.02 Å². The van der Waals surface area contributed by atoms with Gasteiger partial charge in [0.15, 0.2) is 0 Å². The zero-order valence-electron chi connectivity index (χ0n) is 9.08. The summed E-state index contributed by atoms with van der Waals surface area (Å²) in [6.07, 6.45) is 0. The minimum Gasteiger partial charge on any atom is -0.506 e. The van der Waals surface area contributed by atoms with Gasteiger partial charge in [-0.1, -0.05) is 27.5 Å². The lowest BCUT2D eigenvalue weighted by atomic mass is 10.2. The standard InChI is InChI=1S/C11H13BrClNO2/c1-7(6-12)14(2)11(16)8-3-4-10(15)9(13)5-8/h3-5,7,15H,6H2,1-2H3. The quantitative estimate of drug-likeness (QED) is 0.872. The van der Waals surface area contributed by atoms with Crippen molar-refractivity contribution in [3.05, 3.63) is 28.8 Å². The largest absolute Gasteiger partial charge is 0.506 e. The van der Waals surface area contributed by atoms with Crippen LogP contribution in [0.1, 0.15) is 17.3 Å². The van der Waals surface area contributed by atoms with Crippen molar-refractivity contribution in [3.63, 3.8) is 0 Å². The number of hydrogen-bond acceptors (Lipinski definition) is 2. The molecule has 1 N–H and O–H groups in total. The molecule has 0 spiro atoms. The van der Waals surface area contributed by atoms with Gasteiger partial charge in [-0.05, 0) is 25.1 Å². The summed E-state index contributed by atoms with van der Waals surface area (Å²) >= 11 is 9.07. The molecule has 0 heterocycles. The molecule has 88 valence electrons. The fraction of sp³-hybridized carbons (Fsp3) is 0.364. The van der Waals surface area contributed by atoms with Gasteiger partial charge in [-0.3, -0.25) is 4.79 Å². The summed E-state index contributed by atoms with van der Waals surface area (Å²) in [5.41, 5.74) is 0.470. The molecular weight excluding hydrogens is 293 g/mol. The van der Waals surface area contributed by atoms with E-state index in [-0.39, 0.29) is 22.7 Å². The number of phenolic OH excluding ortho intramolecular Hbond substituents is 1. The van der Waals surface area contributed by atoms with E-state index in [1.54, 1.807) is 18.0 Å². The van der Waals surface area contributed by atoms with Crippen molar-refractivity contribution in [2.75, 3.05) is 12.4 Å². The number of nitrogens with zero attached hydrogens (tertiary/aromatic N) is 1. The number of benzene rings is 1. The molecular formula is C11H13BrClNO2. The van der Waals surface area contributed by atoms with E-state index in [1.165, 1.54) is 12.1 Å². The van der Waals surface area contributed by atoms with Gasteiger partial charge in [0.2, 0.25) is 0 Å². The van der Waals surface area contributed by atoms with Gasteiger partial charge in [-0.25, -0.2) is 0 Å². The van der Waals surface area contributed by atoms with Crippen molar-refractivity contribution < 1.29 is 9.90 Å². The van der Waals surface area contributed by atoms with E-state index in [0.717, 1.165) is 0 Å². The first kappa shape index (κ1) is 13.3. The van der Waals surface area contributed by atoms with E-state index in [9.17, 15) is 9.90 Å². The van der Waals surface area contributed by atoms with Crippen LogP contribution in [0.3, 0.4) is 0 Å². The second-order valence-corrected chi connectivity index (χ2v) is 4.64. The average Bonchev–Trinajstić information content (AvgIpc) is 2.29. The van der Waals surface area contributed by atoms with Crippen LogP contribution < -0.4 is 0 Å². The SMILES string of the molecule is CC(CBr)N(C)C(=O)c1ccc(O)c(Cl)c1. The van der Waals surface area contributed by atoms with Gasteiger partial charge in [0.05, 0.1) is 5.02 Å². The lowest BCUT2D eigenvalue weighted by Gasteiger charge is -2.23. The van der Waals surface area contributed by atoms with E-state index in [4.69, 9.17) is 11.6 Å². The Labute approximate surface area is 108 Å². The zero-order chi connectivity index (χ0) is 12.3. The second kappa shape index (κ2) is 5.55. The molecule has 1 aromatic rings. The minimum absolute atomic E-state index is 0.0191. The van der Waals surface area contributed by atoms with Crippen molar-refractivity contribution in [3.8, 4) is 5.75 Å². The Morgan fingerprint density at radius 2 is 2.25 bits per heavy atom. The molecule has 5 heteroatoms. The van der Waals surface area contributed by atoms with Crippen molar-refractivity contribution in [2.24, 2.45) is 0 Å². The third kappa shape index (κ3) is 2.89. The molecule has 3 nitrogen and oxygen atoms in total. The normalized spacial score (nSPS) is 12.2. The highest BCUT2D eigenvalue weighted by molar-refractivity contribution is 9.09. The highest BCUT2D eigenvalue weighted by Gasteiger charge is 2.17. The van der Waals surface area contributed by atoms with E-state index in [2.05, 4.69) is 15.9 Å². The van der Waals surface area contributed by atoms with E-state index in [0.29, 0.717) is 10.9 Å². The summed E-state index contributed by atoms with van der Waals surface area (Å²) < 4.78 is 0. The molecule has 1 unspecified atom stereocenters. The third-order valence-corrected chi connectivity index (χ3v) is 3.64. The molecule has 0 fully saturated rings. The zero-order valence-corrected chi connectivity index (χ0v) is 11.4. The monoisotopic (exact) mass is 305 g/mol. The summed E-state index contributed by atoms with van der Waals surface area (Å²) in [7, 11) is 1.73. The van der Waals surface area contributed by atoms with Crippen LogP contribution in [-0.2, 0) is 0 Å². The minimum atomic E-state index is -0.117. The van der Waals surface area contributed by atoms with Gasteiger partial charge in [-0.15, -0.1) is 0 Å². The molecule has 1 rings (SSSR count). The van der Waals surface area contributed by atoms with Crippen LogP contribution in [0.4, 0.5) is 0 Å². The van der Waals surface area contributed by atoms with E-state index < -0.39 is 0 Å². The van der Waals surface area contributed by atoms with E-state index in [1.807, 2.05) is 6.92 Å². The van der Waals surface area contributed by atoms with Gasteiger partial charge in [-0.2, -0.15) is 0 Å². The molecule has 0 aliphatic rings. The molecule has 16 heavy (non-hydrogen) atoms. The van der Waals surface area contributed by atoms with Crippen molar-refractivity contribution in [2.45, 2.75) is 13.0 Å². The molecule has 0 aromatic heterocycles. The highest BCUT2D eigenvalue weighted by Crippen LogP contribution is 2.24. The Balaban J connectivity index is 2.92. The summed E-state index contributed by atoms with van der Waals surface area (Å²) in [6, 6.07) is 4.54. The molecule has 0 radical (unpaired) electrons. The maximum absolute atomic E-state index is 12.0. The molecule has 1 aromatic carbocycles. The fourth-order valence-corrected chi connectivity index (χ4v) is 1.76. The number of carbonyl (C=O) groups excluding carboxylic acids is 1. The number of hydrogen-bond donors (Lipinski definition) is 1. The summed E-state index contributed by atoms with van der Waals surface area (Å²) in [4.78, 5) is 13.6. The number of phenols is 1. The first-order valence-electron chi connectivity index (χ1n) is 4.79. The van der Waals surface area contributed by atoms with Crippen LogP contribution >= 0.6 is 27.5 Å². The first-order chi connectivity index (χ1) is 7.47. The van der Waals surface area contributed by atoms with Gasteiger partial charge in [0.25, 0.3) is 5.91 Å². The summed E-state index contributed by atoms with van der Waals surface area (Å²) in [5.74, 6) is -0.136. The Bertz CT molecular complexity index is 398. The third-order valence-electron chi connectivity index (χ3n) is 2.40. The topological polar surface area (TPSA) is 40.5 Å². The Morgan fingerprint density at radius 3 is 2.75 bits per heavy atom. The van der Waals surface area contributed by atoms with Crippen LogP contribution in [0.25, 0.3) is 0 Å². The van der Waals surface area contributed by atoms with Gasteiger partial charge >= 0.3 is 0 Å². The first-order valence-corrected chi connectivity index (χ1v) is 6.29. The summed E-state index contributed by atoms with van der Waals surface area (Å²) in [6.45, 7) is 1.94. The number of amides is 1. The van der Waals surface area contributed by atoms with Gasteiger partial charge in [0.1, 0.15) is 5.75 Å². The number of rotatable bonds is 3. The fourth-order valence-electron chi connectivity index (χ4n) is 1.15. The molecule has 1 amide bonds. The lowest BCUT2D eigenvalue weighted by Crippen LogP contribution is -2.36. The Kier molecular flexibility index (Phi) is 4.62. The van der Waals surface area contributed by atoms with Gasteiger partial charge < -0.3 is 10.0 Å². The van der Waals surface area contributed by atoms with Crippen LogP contribution in [-0.4, -0.2) is 34.3 Å². The molecule has 1 atom stereocenters. The van der Waals surface area contributed by atoms with Crippen LogP contribution in [0.5, 0.6) is 5.75 Å². The number of carbonyl (C=O) groups is 1. The number of alkyl halides is 1. The maximum atomic E-state index is 12.0. The molecule has 0 aliphatic carbocycles. The maximum Gasteiger partial charge on any atom is 0.253 e. The highest BCUT2D eigenvalue weighted by atomic mass is 79.9. The number of aromatic hydroxyl groups is 1. The lowest BCUT2D eigenvalue weighted by molar-refractivity contribution is 0.0758. The molecule has 0 bridgehead atoms. The predicted molar refractivity (Wildman–Crippen MR) is 68.5 cm³/mol. The summed E-state index contributed by atoms with van der Waals surface area (Å²) in [5, 5.41) is 10.2. The van der Waals surface area contributed by atoms with Crippen LogP contribution in [0.15, 0.2) is 18.2 Å². The predicted octanol–water partition coefficient (Wildman–Crippen LogP) is 2.90. The Hall–Kier alpha value is -0.740. The van der Waals surface area contributed by atoms with E-state index >= 15 is 0 Å². The van der Waals surface area contributed by atoms with Crippen molar-refractivity contribution in [1.82, 2.24) is 4.90 Å². The second-order valence-electron chi connectivity index (χ2n) is 3.59. The van der Waals surface area contributed by atoms with Crippen molar-refractivity contribution >= 4 is 33.4 Å². The van der Waals surface area contributed by atoms with Gasteiger partial charge in [0, 0.05) is 24.0 Å².